The molecule has 0 radical (unpaired) electrons. The van der Waals surface area contributed by atoms with Crippen molar-refractivity contribution in [3.8, 4) is 0 Å². The number of rotatable bonds is 7. The third kappa shape index (κ3) is 3.99. The van der Waals surface area contributed by atoms with Crippen LogP contribution in [-0.4, -0.2) is 23.7 Å². The van der Waals surface area contributed by atoms with Gasteiger partial charge in [-0.2, -0.15) is 0 Å². The molecule has 1 fully saturated rings. The average molecular weight is 345 g/mol. The molecule has 0 saturated heterocycles. The van der Waals surface area contributed by atoms with Crippen LogP contribution in [0.3, 0.4) is 0 Å². The highest BCUT2D eigenvalue weighted by atomic mass is 32.2. The van der Waals surface area contributed by atoms with E-state index in [1.54, 1.807) is 11.8 Å². The van der Waals surface area contributed by atoms with Gasteiger partial charge in [0.1, 0.15) is 5.76 Å². The fraction of sp³-hybridized carbons (Fsp3) is 0.444. The molecule has 1 heterocycles. The summed E-state index contributed by atoms with van der Waals surface area (Å²) in [6.07, 6.45) is 2.36. The quantitative estimate of drug-likeness (QED) is 0.754. The lowest BCUT2D eigenvalue weighted by atomic mass is 10.2. The lowest BCUT2D eigenvalue weighted by Crippen LogP contribution is -2.38. The van der Waals surface area contributed by atoms with Crippen molar-refractivity contribution in [3.63, 3.8) is 0 Å². The second-order valence-corrected chi connectivity index (χ2v) is 7.32. The third-order valence-electron chi connectivity index (χ3n) is 4.41. The van der Waals surface area contributed by atoms with E-state index in [4.69, 9.17) is 10.3 Å². The van der Waals surface area contributed by atoms with Gasteiger partial charge in [0.15, 0.2) is 0 Å². The van der Waals surface area contributed by atoms with Crippen LogP contribution in [0.1, 0.15) is 40.2 Å². The lowest BCUT2D eigenvalue weighted by Gasteiger charge is -2.13. The molecule has 6 heteroatoms. The van der Waals surface area contributed by atoms with E-state index < -0.39 is 0 Å². The molecule has 1 aliphatic rings. The van der Waals surface area contributed by atoms with Crippen molar-refractivity contribution in [2.45, 2.75) is 43.4 Å². The molecule has 0 aliphatic heterocycles. The highest BCUT2D eigenvalue weighted by Gasteiger charge is 2.28. The number of aryl methyl sites for hydroxylation is 2. The maximum atomic E-state index is 12.5. The number of amides is 1. The number of carbonyl (C=O) groups is 1. The molecule has 5 nitrogen and oxygen atoms in total. The van der Waals surface area contributed by atoms with Crippen LogP contribution in [0.25, 0.3) is 0 Å². The number of hydrogen-bond donors (Lipinski definition) is 2. The zero-order valence-electron chi connectivity index (χ0n) is 14.0. The van der Waals surface area contributed by atoms with Crippen LogP contribution in [0.2, 0.25) is 0 Å². The van der Waals surface area contributed by atoms with E-state index in [0.29, 0.717) is 18.0 Å². The molecule has 0 bridgehead atoms. The fourth-order valence-corrected chi connectivity index (χ4v) is 3.84. The van der Waals surface area contributed by atoms with Crippen molar-refractivity contribution in [3.05, 3.63) is 46.8 Å². The van der Waals surface area contributed by atoms with Gasteiger partial charge < -0.3 is 15.6 Å². The first kappa shape index (κ1) is 17.0. The summed E-state index contributed by atoms with van der Waals surface area (Å²) in [6, 6.07) is 7.72. The molecule has 1 aromatic carbocycles. The minimum absolute atomic E-state index is 0.0621. The smallest absolute Gasteiger partial charge is 0.252 e. The summed E-state index contributed by atoms with van der Waals surface area (Å²) in [5.74, 6) is 2.08. The minimum Gasteiger partial charge on any atom is -0.361 e. The lowest BCUT2D eigenvalue weighted by molar-refractivity contribution is 0.0947. The van der Waals surface area contributed by atoms with Gasteiger partial charge in [-0.15, -0.1) is 11.8 Å². The van der Waals surface area contributed by atoms with Crippen molar-refractivity contribution in [1.82, 2.24) is 10.5 Å². The Kier molecular flexibility index (Phi) is 5.26. The van der Waals surface area contributed by atoms with Crippen molar-refractivity contribution in [2.24, 2.45) is 11.7 Å². The molecule has 2 aromatic rings. The zero-order valence-corrected chi connectivity index (χ0v) is 14.9. The van der Waals surface area contributed by atoms with Gasteiger partial charge in [-0.3, -0.25) is 4.79 Å². The van der Waals surface area contributed by atoms with Gasteiger partial charge in [-0.1, -0.05) is 17.3 Å². The SMILES string of the molecule is Cc1noc(C)c1CSc1ccccc1C(=O)NCC(N)C1CC1. The van der Waals surface area contributed by atoms with Crippen LogP contribution < -0.4 is 11.1 Å². The third-order valence-corrected chi connectivity index (χ3v) is 5.51. The number of aromatic nitrogens is 1. The monoisotopic (exact) mass is 345 g/mol. The predicted molar refractivity (Wildman–Crippen MR) is 95.0 cm³/mol. The number of nitrogens with two attached hydrogens (primary N) is 1. The Morgan fingerprint density at radius 2 is 2.17 bits per heavy atom. The summed E-state index contributed by atoms with van der Waals surface area (Å²) in [5.41, 5.74) is 8.74. The molecule has 1 atom stereocenters. The first-order chi connectivity index (χ1) is 11.6. The summed E-state index contributed by atoms with van der Waals surface area (Å²) < 4.78 is 5.20. The molecule has 1 amide bonds. The van der Waals surface area contributed by atoms with Gasteiger partial charge in [0.2, 0.25) is 0 Å². The summed E-state index contributed by atoms with van der Waals surface area (Å²) in [4.78, 5) is 13.5. The Morgan fingerprint density at radius 3 is 2.83 bits per heavy atom. The topological polar surface area (TPSA) is 81.2 Å². The summed E-state index contributed by atoms with van der Waals surface area (Å²) in [6.45, 7) is 4.38. The fourth-order valence-electron chi connectivity index (χ4n) is 2.63. The highest BCUT2D eigenvalue weighted by Crippen LogP contribution is 2.31. The van der Waals surface area contributed by atoms with Crippen LogP contribution >= 0.6 is 11.8 Å². The minimum atomic E-state index is -0.0621. The Balaban J connectivity index is 1.64. The van der Waals surface area contributed by atoms with E-state index in [-0.39, 0.29) is 11.9 Å². The van der Waals surface area contributed by atoms with E-state index in [2.05, 4.69) is 10.5 Å². The molecule has 1 unspecified atom stereocenters. The first-order valence-electron chi connectivity index (χ1n) is 8.23. The molecule has 128 valence electrons. The van der Waals surface area contributed by atoms with Gasteiger partial charge >= 0.3 is 0 Å². The van der Waals surface area contributed by atoms with Crippen LogP contribution in [0, 0.1) is 19.8 Å². The van der Waals surface area contributed by atoms with E-state index in [0.717, 1.165) is 27.7 Å². The van der Waals surface area contributed by atoms with Crippen LogP contribution in [0.4, 0.5) is 0 Å². The maximum Gasteiger partial charge on any atom is 0.252 e. The molecular weight excluding hydrogens is 322 g/mol. The Hall–Kier alpha value is -1.79. The number of nitrogens with zero attached hydrogens (tertiary/aromatic N) is 1. The Morgan fingerprint density at radius 1 is 1.42 bits per heavy atom. The number of thioether (sulfide) groups is 1. The van der Waals surface area contributed by atoms with Gasteiger partial charge in [0.25, 0.3) is 5.91 Å². The maximum absolute atomic E-state index is 12.5. The number of hydrogen-bond acceptors (Lipinski definition) is 5. The van der Waals surface area contributed by atoms with Gasteiger partial charge in [-0.25, -0.2) is 0 Å². The van der Waals surface area contributed by atoms with Crippen molar-refractivity contribution < 1.29 is 9.32 Å². The molecule has 1 aliphatic carbocycles. The number of benzene rings is 1. The molecule has 1 aromatic heterocycles. The number of nitrogens with one attached hydrogen (secondary N) is 1. The summed E-state index contributed by atoms with van der Waals surface area (Å²) >= 11 is 1.62. The van der Waals surface area contributed by atoms with E-state index in [1.807, 2.05) is 38.1 Å². The molecule has 0 spiro atoms. The van der Waals surface area contributed by atoms with Crippen molar-refractivity contribution >= 4 is 17.7 Å². The second-order valence-electron chi connectivity index (χ2n) is 6.30. The molecule has 3 N–H and O–H groups in total. The summed E-state index contributed by atoms with van der Waals surface area (Å²) in [7, 11) is 0. The molecule has 24 heavy (non-hydrogen) atoms. The number of carbonyl (C=O) groups excluding carboxylic acids is 1. The van der Waals surface area contributed by atoms with E-state index in [1.165, 1.54) is 12.8 Å². The van der Waals surface area contributed by atoms with E-state index >= 15 is 0 Å². The molecule has 1 saturated carbocycles. The second kappa shape index (κ2) is 7.40. The Labute approximate surface area is 146 Å². The van der Waals surface area contributed by atoms with Gasteiger partial charge in [-0.05, 0) is 44.7 Å². The molecule has 3 rings (SSSR count). The zero-order chi connectivity index (χ0) is 17.1. The summed E-state index contributed by atoms with van der Waals surface area (Å²) in [5, 5.41) is 6.94. The van der Waals surface area contributed by atoms with Crippen molar-refractivity contribution in [2.75, 3.05) is 6.54 Å². The van der Waals surface area contributed by atoms with Crippen LogP contribution in [0.15, 0.2) is 33.7 Å². The van der Waals surface area contributed by atoms with Crippen molar-refractivity contribution in [1.29, 1.82) is 0 Å². The van der Waals surface area contributed by atoms with Gasteiger partial charge in [0, 0.05) is 28.8 Å². The standard InChI is InChI=1S/C18H23N3O2S/c1-11-15(12(2)23-21-11)10-24-17-6-4-3-5-14(17)18(22)20-9-16(19)13-7-8-13/h3-6,13,16H,7-10,19H2,1-2H3,(H,20,22). The average Bonchev–Trinajstić information content (AvgIpc) is 3.38. The first-order valence-corrected chi connectivity index (χ1v) is 9.22. The van der Waals surface area contributed by atoms with Gasteiger partial charge in [0.05, 0.1) is 11.3 Å². The van der Waals surface area contributed by atoms with E-state index in [9.17, 15) is 4.79 Å². The Bertz CT molecular complexity index is 705. The van der Waals surface area contributed by atoms with Crippen LogP contribution in [-0.2, 0) is 5.75 Å². The predicted octanol–water partition coefficient (Wildman–Crippen LogP) is 3.05. The molecular formula is C18H23N3O2S. The largest absolute Gasteiger partial charge is 0.361 e. The normalized spacial score (nSPS) is 15.3. The van der Waals surface area contributed by atoms with Crippen LogP contribution in [0.5, 0.6) is 0 Å². The highest BCUT2D eigenvalue weighted by molar-refractivity contribution is 7.98.